The summed E-state index contributed by atoms with van der Waals surface area (Å²) in [6.45, 7) is 4.58. The fraction of sp³-hybridized carbons (Fsp3) is 0.471. The van der Waals surface area contributed by atoms with E-state index in [1.807, 2.05) is 0 Å². The zero-order chi connectivity index (χ0) is 17.6. The van der Waals surface area contributed by atoms with Gasteiger partial charge in [-0.1, -0.05) is 13.8 Å². The van der Waals surface area contributed by atoms with Crippen LogP contribution in [0.1, 0.15) is 66.1 Å². The minimum Gasteiger partial charge on any atom is -0.334 e. The number of rotatable bonds is 5. The van der Waals surface area contributed by atoms with Gasteiger partial charge in [-0.3, -0.25) is 9.89 Å². The van der Waals surface area contributed by atoms with Gasteiger partial charge in [0.1, 0.15) is 12.0 Å². The summed E-state index contributed by atoms with van der Waals surface area (Å²) >= 11 is 0. The van der Waals surface area contributed by atoms with Crippen LogP contribution in [0.25, 0.3) is 5.78 Å². The van der Waals surface area contributed by atoms with Gasteiger partial charge in [-0.15, -0.1) is 0 Å². The van der Waals surface area contributed by atoms with Crippen molar-refractivity contribution < 1.29 is 4.79 Å². The van der Waals surface area contributed by atoms with Crippen molar-refractivity contribution in [3.63, 3.8) is 0 Å². The molecule has 0 unspecified atom stereocenters. The van der Waals surface area contributed by atoms with Crippen LogP contribution in [-0.2, 0) is 6.54 Å². The van der Waals surface area contributed by atoms with Gasteiger partial charge in [-0.05, 0) is 30.9 Å². The monoisotopic (exact) mass is 339 g/mol. The fourth-order valence-electron chi connectivity index (χ4n) is 2.93. The Bertz CT molecular complexity index is 922. The van der Waals surface area contributed by atoms with Crippen molar-refractivity contribution in [1.29, 1.82) is 0 Å². The number of hydrogen-bond donors (Lipinski definition) is 1. The molecule has 1 amide bonds. The molecule has 1 fully saturated rings. The summed E-state index contributed by atoms with van der Waals surface area (Å²) in [6, 6.07) is 3.85. The number of amides is 1. The molecule has 0 aromatic carbocycles. The van der Waals surface area contributed by atoms with E-state index in [2.05, 4.69) is 45.2 Å². The third kappa shape index (κ3) is 2.99. The summed E-state index contributed by atoms with van der Waals surface area (Å²) in [6.07, 6.45) is 3.87. The van der Waals surface area contributed by atoms with Gasteiger partial charge in [0.2, 0.25) is 0 Å². The van der Waals surface area contributed by atoms with Crippen LogP contribution in [0, 0.1) is 0 Å². The summed E-state index contributed by atoms with van der Waals surface area (Å²) in [5.74, 6) is 1.10. The molecular weight excluding hydrogens is 318 g/mol. The average Bonchev–Trinajstić information content (AvgIpc) is 3.15. The Kier molecular flexibility index (Phi) is 3.74. The van der Waals surface area contributed by atoms with Gasteiger partial charge in [-0.2, -0.15) is 15.2 Å². The topological polar surface area (TPSA) is 92.1 Å². The number of fused-ring (bicyclic) bond motifs is 1. The molecule has 0 atom stereocenters. The van der Waals surface area contributed by atoms with Crippen molar-refractivity contribution in [1.82, 2.24) is 34.7 Å². The predicted octanol–water partition coefficient (Wildman–Crippen LogP) is 2.12. The van der Waals surface area contributed by atoms with Crippen LogP contribution < -0.4 is 0 Å². The molecule has 1 aliphatic rings. The van der Waals surface area contributed by atoms with Crippen LogP contribution >= 0.6 is 0 Å². The largest absolute Gasteiger partial charge is 0.334 e. The number of aromatic nitrogens is 6. The standard InChI is InChI=1S/C17H21N7O/c1-10(2)15-7-14(20-17-18-9-19-24(15)17)16(25)23(3)8-12-6-13(22-21-12)11-4-5-11/h6-7,9-11H,4-5,8H2,1-3H3,(H,21,22). The zero-order valence-electron chi connectivity index (χ0n) is 14.6. The van der Waals surface area contributed by atoms with Crippen molar-refractivity contribution in [2.45, 2.75) is 45.1 Å². The van der Waals surface area contributed by atoms with Gasteiger partial charge >= 0.3 is 0 Å². The Hall–Kier alpha value is -2.77. The van der Waals surface area contributed by atoms with Crippen molar-refractivity contribution in [3.8, 4) is 0 Å². The molecule has 4 rings (SSSR count). The zero-order valence-corrected chi connectivity index (χ0v) is 14.6. The molecule has 25 heavy (non-hydrogen) atoms. The second-order valence-corrected chi connectivity index (χ2v) is 6.95. The summed E-state index contributed by atoms with van der Waals surface area (Å²) in [5, 5.41) is 11.5. The number of carbonyl (C=O) groups excluding carboxylic acids is 1. The summed E-state index contributed by atoms with van der Waals surface area (Å²) in [4.78, 5) is 22.9. The van der Waals surface area contributed by atoms with E-state index in [0.717, 1.165) is 17.1 Å². The van der Waals surface area contributed by atoms with Crippen molar-refractivity contribution in [2.75, 3.05) is 7.05 Å². The maximum Gasteiger partial charge on any atom is 0.272 e. The molecule has 3 aromatic heterocycles. The highest BCUT2D eigenvalue weighted by atomic mass is 16.2. The molecule has 3 aromatic rings. The quantitative estimate of drug-likeness (QED) is 0.769. The molecule has 0 radical (unpaired) electrons. The number of nitrogens with one attached hydrogen (secondary N) is 1. The molecule has 1 saturated carbocycles. The highest BCUT2D eigenvalue weighted by Gasteiger charge is 2.26. The number of H-pyrrole nitrogens is 1. The van der Waals surface area contributed by atoms with Gasteiger partial charge in [0.15, 0.2) is 0 Å². The molecule has 0 aliphatic heterocycles. The third-order valence-electron chi connectivity index (χ3n) is 4.49. The summed E-state index contributed by atoms with van der Waals surface area (Å²) in [5.41, 5.74) is 3.33. The van der Waals surface area contributed by atoms with Gasteiger partial charge in [0.25, 0.3) is 11.7 Å². The van der Waals surface area contributed by atoms with E-state index >= 15 is 0 Å². The molecule has 130 valence electrons. The van der Waals surface area contributed by atoms with Crippen LogP contribution in [0.5, 0.6) is 0 Å². The molecule has 0 saturated heterocycles. The van der Waals surface area contributed by atoms with E-state index in [1.165, 1.54) is 19.2 Å². The first-order valence-electron chi connectivity index (χ1n) is 8.53. The Labute approximate surface area is 145 Å². The molecule has 1 N–H and O–H groups in total. The Morgan fingerprint density at radius 1 is 1.40 bits per heavy atom. The maximum absolute atomic E-state index is 12.8. The highest BCUT2D eigenvalue weighted by molar-refractivity contribution is 5.92. The van der Waals surface area contributed by atoms with Gasteiger partial charge < -0.3 is 4.90 Å². The number of hydrogen-bond acceptors (Lipinski definition) is 5. The Morgan fingerprint density at radius 3 is 2.92 bits per heavy atom. The van der Waals surface area contributed by atoms with E-state index in [-0.39, 0.29) is 11.8 Å². The normalized spacial score (nSPS) is 14.4. The summed E-state index contributed by atoms with van der Waals surface area (Å²) in [7, 11) is 1.77. The predicted molar refractivity (Wildman–Crippen MR) is 91.2 cm³/mol. The number of carbonyl (C=O) groups is 1. The SMILES string of the molecule is CC(C)c1cc(C(=O)N(C)Cc2cc(C3CC3)n[nH]2)nc2ncnn12. The molecule has 8 nitrogen and oxygen atoms in total. The van der Waals surface area contributed by atoms with E-state index in [0.29, 0.717) is 23.9 Å². The number of aromatic amines is 1. The lowest BCUT2D eigenvalue weighted by atomic mass is 10.1. The summed E-state index contributed by atoms with van der Waals surface area (Å²) < 4.78 is 1.68. The minimum absolute atomic E-state index is 0.144. The molecule has 8 heteroatoms. The molecule has 3 heterocycles. The van der Waals surface area contributed by atoms with Crippen LogP contribution in [0.15, 0.2) is 18.5 Å². The smallest absolute Gasteiger partial charge is 0.272 e. The third-order valence-corrected chi connectivity index (χ3v) is 4.49. The van der Waals surface area contributed by atoms with Crippen LogP contribution in [-0.4, -0.2) is 47.6 Å². The lowest BCUT2D eigenvalue weighted by Crippen LogP contribution is -2.28. The maximum atomic E-state index is 12.8. The lowest BCUT2D eigenvalue weighted by Gasteiger charge is -2.17. The van der Waals surface area contributed by atoms with E-state index in [1.54, 1.807) is 22.5 Å². The Morgan fingerprint density at radius 2 is 2.20 bits per heavy atom. The van der Waals surface area contributed by atoms with E-state index < -0.39 is 0 Å². The number of nitrogens with zero attached hydrogens (tertiary/aromatic N) is 6. The van der Waals surface area contributed by atoms with E-state index in [4.69, 9.17) is 0 Å². The van der Waals surface area contributed by atoms with Gasteiger partial charge in [0, 0.05) is 13.0 Å². The van der Waals surface area contributed by atoms with Crippen LogP contribution in [0.3, 0.4) is 0 Å². The van der Waals surface area contributed by atoms with Crippen LogP contribution in [0.2, 0.25) is 0 Å². The first-order valence-corrected chi connectivity index (χ1v) is 8.53. The fourth-order valence-corrected chi connectivity index (χ4v) is 2.93. The first kappa shape index (κ1) is 15.7. The van der Waals surface area contributed by atoms with Crippen molar-refractivity contribution in [2.24, 2.45) is 0 Å². The van der Waals surface area contributed by atoms with Gasteiger partial charge in [0.05, 0.1) is 23.6 Å². The van der Waals surface area contributed by atoms with E-state index in [9.17, 15) is 4.79 Å². The molecular formula is C17H21N7O. The highest BCUT2D eigenvalue weighted by Crippen LogP contribution is 2.39. The lowest BCUT2D eigenvalue weighted by molar-refractivity contribution is 0.0777. The van der Waals surface area contributed by atoms with Crippen molar-refractivity contribution >= 4 is 11.7 Å². The van der Waals surface area contributed by atoms with Gasteiger partial charge in [-0.25, -0.2) is 9.50 Å². The Balaban J connectivity index is 1.57. The minimum atomic E-state index is -0.144. The molecule has 0 spiro atoms. The second kappa shape index (κ2) is 5.94. The molecule has 0 bridgehead atoms. The van der Waals surface area contributed by atoms with Crippen molar-refractivity contribution in [3.05, 3.63) is 41.2 Å². The molecule has 1 aliphatic carbocycles. The first-order chi connectivity index (χ1) is 12.0. The second-order valence-electron chi connectivity index (χ2n) is 6.95. The average molecular weight is 339 g/mol. The van der Waals surface area contributed by atoms with Crippen LogP contribution in [0.4, 0.5) is 0 Å².